The van der Waals surface area contributed by atoms with Crippen LogP contribution in [0.15, 0.2) is 22.6 Å². The summed E-state index contributed by atoms with van der Waals surface area (Å²) < 4.78 is 19.7. The molecule has 19 heavy (non-hydrogen) atoms. The molecule has 0 bridgehead atoms. The first-order valence-corrected chi connectivity index (χ1v) is 7.00. The Bertz CT molecular complexity index is 587. The summed E-state index contributed by atoms with van der Waals surface area (Å²) in [5.74, 6) is 0.284. The van der Waals surface area contributed by atoms with Gasteiger partial charge in [0.2, 0.25) is 0 Å². The van der Waals surface area contributed by atoms with E-state index < -0.39 is 11.0 Å². The van der Waals surface area contributed by atoms with E-state index in [2.05, 4.69) is 22.7 Å². The Morgan fingerprint density at radius 1 is 1.63 bits per heavy atom. The Kier molecular flexibility index (Phi) is 4.01. The van der Waals surface area contributed by atoms with E-state index in [0.717, 1.165) is 5.56 Å². The summed E-state index contributed by atoms with van der Waals surface area (Å²) in [6, 6.07) is 3.33. The molecule has 0 aliphatic carbocycles. The number of amides is 1. The van der Waals surface area contributed by atoms with E-state index in [1.54, 1.807) is 12.1 Å². The first-order chi connectivity index (χ1) is 9.06. The molecule has 0 spiro atoms. The van der Waals surface area contributed by atoms with Gasteiger partial charge >= 0.3 is 0 Å². The van der Waals surface area contributed by atoms with Gasteiger partial charge in [-0.1, -0.05) is 0 Å². The van der Waals surface area contributed by atoms with Crippen molar-refractivity contribution in [3.63, 3.8) is 0 Å². The third-order valence-corrected chi connectivity index (χ3v) is 4.06. The van der Waals surface area contributed by atoms with Gasteiger partial charge in [0, 0.05) is 17.5 Å². The van der Waals surface area contributed by atoms with Gasteiger partial charge in [-0.25, -0.2) is 4.21 Å². The van der Waals surface area contributed by atoms with Gasteiger partial charge in [0.25, 0.3) is 5.91 Å². The van der Waals surface area contributed by atoms with Gasteiger partial charge in [-0.2, -0.15) is 0 Å². The van der Waals surface area contributed by atoms with Crippen LogP contribution in [0.5, 0.6) is 5.75 Å². The fraction of sp³-hybridized carbons (Fsp3) is 0.182. The Morgan fingerprint density at radius 2 is 2.37 bits per heavy atom. The topological polar surface area (TPSA) is 93.4 Å². The summed E-state index contributed by atoms with van der Waals surface area (Å²) in [6.07, 6.45) is 0. The molecule has 1 aliphatic rings. The molecular weight excluding hydrogens is 286 g/mol. The number of anilines is 1. The van der Waals surface area contributed by atoms with Crippen LogP contribution in [0.2, 0.25) is 0 Å². The molecule has 4 N–H and O–H groups in total. The van der Waals surface area contributed by atoms with Crippen molar-refractivity contribution in [3.8, 4) is 5.75 Å². The van der Waals surface area contributed by atoms with E-state index in [9.17, 15) is 9.00 Å². The van der Waals surface area contributed by atoms with Crippen molar-refractivity contribution in [1.82, 2.24) is 5.32 Å². The molecule has 1 unspecified atom stereocenters. The van der Waals surface area contributed by atoms with Crippen molar-refractivity contribution < 1.29 is 13.7 Å². The molecule has 1 aromatic rings. The van der Waals surface area contributed by atoms with Crippen LogP contribution in [0.25, 0.3) is 0 Å². The van der Waals surface area contributed by atoms with Gasteiger partial charge in [-0.3, -0.25) is 9.52 Å². The Balaban J connectivity index is 2.36. The van der Waals surface area contributed by atoms with Crippen molar-refractivity contribution >= 4 is 35.2 Å². The number of ether oxygens (including phenoxy) is 1. The summed E-state index contributed by atoms with van der Waals surface area (Å²) in [7, 11) is -0.133. The fourth-order valence-corrected chi connectivity index (χ4v) is 2.57. The predicted molar refractivity (Wildman–Crippen MR) is 77.2 cm³/mol. The molecule has 2 rings (SSSR count). The van der Waals surface area contributed by atoms with Gasteiger partial charge in [-0.05, 0) is 17.7 Å². The van der Waals surface area contributed by atoms with E-state index in [1.807, 2.05) is 0 Å². The first-order valence-electron chi connectivity index (χ1n) is 5.34. The van der Waals surface area contributed by atoms with Gasteiger partial charge in [0.15, 0.2) is 11.0 Å². The molecule has 0 radical (unpaired) electrons. The fourth-order valence-electron chi connectivity index (χ4n) is 1.71. The van der Waals surface area contributed by atoms with Crippen LogP contribution < -0.4 is 20.5 Å². The summed E-state index contributed by atoms with van der Waals surface area (Å²) in [5.41, 5.74) is 7.39. The largest absolute Gasteiger partial charge is 0.495 e. The number of fused-ring (bicyclic) bond motifs is 1. The number of hydrogen-bond donors (Lipinski definition) is 4. The molecule has 0 saturated heterocycles. The zero-order valence-electron chi connectivity index (χ0n) is 10.1. The zero-order chi connectivity index (χ0) is 14.0. The van der Waals surface area contributed by atoms with Gasteiger partial charge in [0.1, 0.15) is 10.8 Å². The highest BCUT2D eigenvalue weighted by atomic mass is 32.2. The van der Waals surface area contributed by atoms with Crippen molar-refractivity contribution in [1.29, 1.82) is 0 Å². The predicted octanol–water partition coefficient (Wildman–Crippen LogP) is 0.702. The first kappa shape index (κ1) is 13.8. The second kappa shape index (κ2) is 5.54. The molecular formula is C11H13N3O3S2. The third-order valence-electron chi connectivity index (χ3n) is 2.65. The quantitative estimate of drug-likeness (QED) is 0.616. The highest BCUT2D eigenvalue weighted by molar-refractivity contribution is 7.91. The molecule has 6 nitrogen and oxygen atoms in total. The standard InChI is InChI=1S/C11H13N3O3S2/c1-17-9-3-7-6(4-13-11(7)15)2-8(9)14-19(16)10(12)5-18/h2-3,5,14,18H,4,12H2,1H3,(H,13,15)/b10-5+. The number of nitrogens with one attached hydrogen (secondary N) is 2. The summed E-state index contributed by atoms with van der Waals surface area (Å²) in [6.45, 7) is 0.442. The Hall–Kier alpha value is -1.67. The lowest BCUT2D eigenvalue weighted by Crippen LogP contribution is -2.13. The summed E-state index contributed by atoms with van der Waals surface area (Å²) in [5, 5.41) is 4.06. The minimum Gasteiger partial charge on any atom is -0.495 e. The van der Waals surface area contributed by atoms with Crippen molar-refractivity contribution in [3.05, 3.63) is 33.7 Å². The summed E-state index contributed by atoms with van der Waals surface area (Å²) >= 11 is 3.84. The Morgan fingerprint density at radius 3 is 3.00 bits per heavy atom. The molecule has 1 aliphatic heterocycles. The lowest BCUT2D eigenvalue weighted by Gasteiger charge is -2.12. The molecule has 0 saturated carbocycles. The number of thiol groups is 1. The molecule has 0 aromatic heterocycles. The lowest BCUT2D eigenvalue weighted by atomic mass is 10.1. The van der Waals surface area contributed by atoms with Crippen molar-refractivity contribution in [2.45, 2.75) is 6.54 Å². The van der Waals surface area contributed by atoms with E-state index in [1.165, 1.54) is 12.5 Å². The van der Waals surface area contributed by atoms with Gasteiger partial charge in [0.05, 0.1) is 12.8 Å². The number of nitrogens with two attached hydrogens (primary N) is 1. The second-order valence-corrected chi connectivity index (χ2v) is 5.27. The highest BCUT2D eigenvalue weighted by Gasteiger charge is 2.22. The van der Waals surface area contributed by atoms with Gasteiger partial charge in [-0.15, -0.1) is 12.6 Å². The van der Waals surface area contributed by atoms with E-state index in [4.69, 9.17) is 10.5 Å². The monoisotopic (exact) mass is 299 g/mol. The molecule has 102 valence electrons. The maximum absolute atomic E-state index is 11.8. The molecule has 8 heteroatoms. The maximum atomic E-state index is 11.8. The van der Waals surface area contributed by atoms with Crippen LogP contribution in [0.4, 0.5) is 5.69 Å². The Labute approximate surface area is 118 Å². The molecule has 1 heterocycles. The van der Waals surface area contributed by atoms with Crippen LogP contribution in [0.3, 0.4) is 0 Å². The minimum absolute atomic E-state index is 0.0973. The minimum atomic E-state index is -1.61. The number of hydrogen-bond acceptors (Lipinski definition) is 5. The smallest absolute Gasteiger partial charge is 0.252 e. The number of methoxy groups -OCH3 is 1. The maximum Gasteiger partial charge on any atom is 0.252 e. The average Bonchev–Trinajstić information content (AvgIpc) is 2.77. The van der Waals surface area contributed by atoms with E-state index >= 15 is 0 Å². The summed E-state index contributed by atoms with van der Waals surface area (Å²) in [4.78, 5) is 11.5. The van der Waals surface area contributed by atoms with Crippen LogP contribution in [-0.2, 0) is 17.5 Å². The van der Waals surface area contributed by atoms with Crippen molar-refractivity contribution in [2.75, 3.05) is 11.8 Å². The SMILES string of the molecule is COc1cc2c(cc1NS(=O)/C(N)=C/S)CNC2=O. The van der Waals surface area contributed by atoms with Gasteiger partial charge < -0.3 is 15.8 Å². The molecule has 1 amide bonds. The van der Waals surface area contributed by atoms with Crippen LogP contribution in [0.1, 0.15) is 15.9 Å². The van der Waals surface area contributed by atoms with Crippen LogP contribution in [0, 0.1) is 0 Å². The molecule has 0 fully saturated rings. The highest BCUT2D eigenvalue weighted by Crippen LogP contribution is 2.31. The number of carbonyl (C=O) groups is 1. The van der Waals surface area contributed by atoms with E-state index in [0.29, 0.717) is 23.5 Å². The van der Waals surface area contributed by atoms with Crippen molar-refractivity contribution in [2.24, 2.45) is 5.73 Å². The molecule has 1 atom stereocenters. The lowest BCUT2D eigenvalue weighted by molar-refractivity contribution is 0.0965. The number of carbonyl (C=O) groups excluding carboxylic acids is 1. The zero-order valence-corrected chi connectivity index (χ0v) is 11.8. The second-order valence-electron chi connectivity index (χ2n) is 3.79. The third kappa shape index (κ3) is 2.69. The average molecular weight is 299 g/mol. The van der Waals surface area contributed by atoms with Crippen LogP contribution in [-0.4, -0.2) is 17.2 Å². The normalized spacial score (nSPS) is 15.7. The van der Waals surface area contributed by atoms with E-state index in [-0.39, 0.29) is 10.9 Å². The number of rotatable bonds is 4. The molecule has 1 aromatic carbocycles. The van der Waals surface area contributed by atoms with Crippen LogP contribution >= 0.6 is 12.6 Å². The number of benzene rings is 1.